The third-order valence-electron chi connectivity index (χ3n) is 3.86. The molecular weight excluding hydrogens is 481 g/mol. The van der Waals surface area contributed by atoms with Crippen LogP contribution >= 0.6 is 58.0 Å². The highest BCUT2D eigenvalue weighted by atomic mass is 35.6. The quantitative estimate of drug-likeness (QED) is 0.235. The molecule has 1 heterocycles. The summed E-state index contributed by atoms with van der Waals surface area (Å²) in [6, 6.07) is 7.08. The maximum absolute atomic E-state index is 12.1. The van der Waals surface area contributed by atoms with Crippen molar-refractivity contribution in [2.24, 2.45) is 0 Å². The van der Waals surface area contributed by atoms with Crippen molar-refractivity contribution in [1.29, 1.82) is 5.26 Å². The second kappa shape index (κ2) is 10.8. The summed E-state index contributed by atoms with van der Waals surface area (Å²) in [6.45, 7) is 2.14. The van der Waals surface area contributed by atoms with E-state index < -0.39 is 16.0 Å². The number of alkyl halides is 3. The molecule has 29 heavy (non-hydrogen) atoms. The number of rotatable bonds is 8. The van der Waals surface area contributed by atoms with Gasteiger partial charge in [-0.25, -0.2) is 4.79 Å². The lowest BCUT2D eigenvalue weighted by Gasteiger charge is -2.25. The number of hydrogen-bond donors (Lipinski definition) is 0. The van der Waals surface area contributed by atoms with Gasteiger partial charge < -0.3 is 14.0 Å². The smallest absolute Gasteiger partial charge is 0.334 e. The number of carbonyl (C=O) groups is 1. The summed E-state index contributed by atoms with van der Waals surface area (Å²) < 4.78 is 9.89. The van der Waals surface area contributed by atoms with Gasteiger partial charge in [0.05, 0.1) is 15.6 Å². The van der Waals surface area contributed by atoms with Crippen LogP contribution < -0.4 is 0 Å². The number of carbonyl (C=O) groups excluding carboxylic acids is 1. The molecule has 0 saturated heterocycles. The number of benzene rings is 1. The standard InChI is InChI=1S/C19H17Cl5N2O3/c1-2-3-7-28-11-16(27)29-18(19(22,23)24)26-9-12(8-25)14(10-26)13-5-4-6-15(20)17(13)21/h4-6,9-10,18H,2-3,7,11H2,1H3. The predicted molar refractivity (Wildman–Crippen MR) is 116 cm³/mol. The Hall–Kier alpha value is -1.13. The average molecular weight is 499 g/mol. The van der Waals surface area contributed by atoms with E-state index in [1.807, 2.05) is 6.92 Å². The molecule has 0 fully saturated rings. The molecule has 0 aliphatic rings. The topological polar surface area (TPSA) is 64.2 Å². The van der Waals surface area contributed by atoms with Gasteiger partial charge in [-0.05, 0) is 12.5 Å². The van der Waals surface area contributed by atoms with Crippen molar-refractivity contribution < 1.29 is 14.3 Å². The highest BCUT2D eigenvalue weighted by molar-refractivity contribution is 6.67. The van der Waals surface area contributed by atoms with Gasteiger partial charge in [-0.3, -0.25) is 0 Å². The van der Waals surface area contributed by atoms with Crippen molar-refractivity contribution >= 4 is 64.0 Å². The van der Waals surface area contributed by atoms with Crippen molar-refractivity contribution in [3.8, 4) is 17.2 Å². The minimum absolute atomic E-state index is 0.240. The van der Waals surface area contributed by atoms with Gasteiger partial charge in [0, 0.05) is 30.1 Å². The third kappa shape index (κ3) is 6.42. The Labute approximate surface area is 193 Å². The van der Waals surface area contributed by atoms with Crippen molar-refractivity contribution in [3.05, 3.63) is 46.2 Å². The minimum atomic E-state index is -2.00. The second-order valence-corrected chi connectivity index (χ2v) is 9.19. The number of halogens is 5. The van der Waals surface area contributed by atoms with Gasteiger partial charge in [0.2, 0.25) is 10.0 Å². The van der Waals surface area contributed by atoms with Crippen LogP contribution in [0.5, 0.6) is 0 Å². The average Bonchev–Trinajstić information content (AvgIpc) is 3.08. The molecule has 0 radical (unpaired) electrons. The Morgan fingerprint density at radius 2 is 1.97 bits per heavy atom. The van der Waals surface area contributed by atoms with Crippen LogP contribution in [0.4, 0.5) is 0 Å². The van der Waals surface area contributed by atoms with Gasteiger partial charge in [-0.1, -0.05) is 83.5 Å². The molecule has 0 spiro atoms. The molecule has 0 aliphatic heterocycles. The Morgan fingerprint density at radius 3 is 2.59 bits per heavy atom. The van der Waals surface area contributed by atoms with Crippen LogP contribution in [0, 0.1) is 11.3 Å². The number of esters is 1. The number of unbranched alkanes of at least 4 members (excludes halogenated alkanes) is 1. The van der Waals surface area contributed by atoms with E-state index in [9.17, 15) is 10.1 Å². The van der Waals surface area contributed by atoms with Crippen LogP contribution in [0.15, 0.2) is 30.6 Å². The first-order valence-corrected chi connectivity index (χ1v) is 10.5. The summed E-state index contributed by atoms with van der Waals surface area (Å²) in [4.78, 5) is 12.1. The molecule has 1 unspecified atom stereocenters. The third-order valence-corrected chi connectivity index (χ3v) is 5.24. The summed E-state index contributed by atoms with van der Waals surface area (Å²) in [5, 5.41) is 10.1. The number of nitriles is 1. The Morgan fingerprint density at radius 1 is 1.24 bits per heavy atom. The Balaban J connectivity index is 2.33. The molecule has 10 heteroatoms. The molecule has 156 valence electrons. The summed E-state index contributed by atoms with van der Waals surface area (Å²) in [5.41, 5.74) is 1.21. The van der Waals surface area contributed by atoms with Gasteiger partial charge in [0.15, 0.2) is 0 Å². The zero-order valence-electron chi connectivity index (χ0n) is 15.3. The summed E-state index contributed by atoms with van der Waals surface area (Å²) in [6.07, 6.45) is 3.33. The molecule has 0 amide bonds. The van der Waals surface area contributed by atoms with E-state index in [-0.39, 0.29) is 17.2 Å². The first-order chi connectivity index (χ1) is 13.7. The first kappa shape index (κ1) is 24.1. The van der Waals surface area contributed by atoms with Crippen molar-refractivity contribution in [2.45, 2.75) is 29.8 Å². The molecule has 0 aliphatic carbocycles. The van der Waals surface area contributed by atoms with E-state index >= 15 is 0 Å². The highest BCUT2D eigenvalue weighted by Gasteiger charge is 2.38. The van der Waals surface area contributed by atoms with Crippen molar-refractivity contribution in [3.63, 3.8) is 0 Å². The fraction of sp³-hybridized carbons (Fsp3) is 0.368. The minimum Gasteiger partial charge on any atom is -0.435 e. The largest absolute Gasteiger partial charge is 0.435 e. The van der Waals surface area contributed by atoms with Gasteiger partial charge >= 0.3 is 5.97 Å². The Bertz CT molecular complexity index is 902. The number of aromatic nitrogens is 1. The van der Waals surface area contributed by atoms with Crippen molar-refractivity contribution in [2.75, 3.05) is 13.2 Å². The van der Waals surface area contributed by atoms with Crippen LogP contribution in [-0.4, -0.2) is 27.5 Å². The van der Waals surface area contributed by atoms with Crippen LogP contribution in [0.1, 0.15) is 31.6 Å². The van der Waals surface area contributed by atoms with E-state index in [0.717, 1.165) is 12.8 Å². The highest BCUT2D eigenvalue weighted by Crippen LogP contribution is 2.42. The van der Waals surface area contributed by atoms with E-state index in [0.29, 0.717) is 22.8 Å². The molecular formula is C19H17Cl5N2O3. The molecule has 1 aromatic carbocycles. The van der Waals surface area contributed by atoms with E-state index in [1.54, 1.807) is 18.2 Å². The molecule has 0 N–H and O–H groups in total. The SMILES string of the molecule is CCCCOCC(=O)OC(n1cc(C#N)c(-c2cccc(Cl)c2Cl)c1)C(Cl)(Cl)Cl. The lowest BCUT2D eigenvalue weighted by molar-refractivity contribution is -0.159. The summed E-state index contributed by atoms with van der Waals surface area (Å²) in [5.74, 6) is -0.702. The molecule has 0 saturated carbocycles. The number of nitrogens with zero attached hydrogens (tertiary/aromatic N) is 2. The second-order valence-electron chi connectivity index (χ2n) is 6.04. The van der Waals surface area contributed by atoms with Gasteiger partial charge in [0.25, 0.3) is 0 Å². The molecule has 0 bridgehead atoms. The van der Waals surface area contributed by atoms with Crippen molar-refractivity contribution in [1.82, 2.24) is 4.57 Å². The van der Waals surface area contributed by atoms with Crippen LogP contribution in [-0.2, 0) is 14.3 Å². The zero-order valence-corrected chi connectivity index (χ0v) is 19.1. The zero-order chi connectivity index (χ0) is 21.6. The molecule has 5 nitrogen and oxygen atoms in total. The monoisotopic (exact) mass is 496 g/mol. The fourth-order valence-electron chi connectivity index (χ4n) is 2.48. The maximum atomic E-state index is 12.1. The normalized spacial score (nSPS) is 12.4. The first-order valence-electron chi connectivity index (χ1n) is 8.59. The molecule has 1 atom stereocenters. The van der Waals surface area contributed by atoms with E-state index in [4.69, 9.17) is 67.5 Å². The van der Waals surface area contributed by atoms with E-state index in [2.05, 4.69) is 6.07 Å². The van der Waals surface area contributed by atoms with Gasteiger partial charge in [-0.15, -0.1) is 0 Å². The van der Waals surface area contributed by atoms with Gasteiger partial charge in [0.1, 0.15) is 12.7 Å². The molecule has 2 aromatic rings. The summed E-state index contributed by atoms with van der Waals surface area (Å²) in [7, 11) is 0. The van der Waals surface area contributed by atoms with Gasteiger partial charge in [-0.2, -0.15) is 5.26 Å². The van der Waals surface area contributed by atoms with Crippen LogP contribution in [0.25, 0.3) is 11.1 Å². The predicted octanol–water partition coefficient (Wildman–Crippen LogP) is 6.56. The van der Waals surface area contributed by atoms with Crippen LogP contribution in [0.3, 0.4) is 0 Å². The molecule has 2 rings (SSSR count). The number of hydrogen-bond acceptors (Lipinski definition) is 4. The summed E-state index contributed by atoms with van der Waals surface area (Å²) >= 11 is 30.4. The molecule has 1 aromatic heterocycles. The lowest BCUT2D eigenvalue weighted by atomic mass is 10.1. The van der Waals surface area contributed by atoms with Crippen LogP contribution in [0.2, 0.25) is 10.0 Å². The lowest BCUT2D eigenvalue weighted by Crippen LogP contribution is -2.29. The maximum Gasteiger partial charge on any atom is 0.334 e. The number of ether oxygens (including phenoxy) is 2. The Kier molecular flexibility index (Phi) is 8.96. The van der Waals surface area contributed by atoms with E-state index in [1.165, 1.54) is 17.0 Å². The fourth-order valence-corrected chi connectivity index (χ4v) is 3.36.